The van der Waals surface area contributed by atoms with E-state index in [2.05, 4.69) is 16.4 Å². The largest absolute Gasteiger partial charge is 0.513 e. The van der Waals surface area contributed by atoms with E-state index in [0.29, 0.717) is 17.2 Å². The summed E-state index contributed by atoms with van der Waals surface area (Å²) in [5.41, 5.74) is 5.80. The summed E-state index contributed by atoms with van der Waals surface area (Å²) < 4.78 is 30.8. The molecule has 45 heavy (non-hydrogen) atoms. The van der Waals surface area contributed by atoms with Gasteiger partial charge < -0.3 is 33.5 Å². The highest BCUT2D eigenvalue weighted by Gasteiger charge is 2.26. The average molecular weight is 609 g/mol. The molecule has 1 aliphatic carbocycles. The summed E-state index contributed by atoms with van der Waals surface area (Å²) in [5, 5.41) is 8.66. The molecule has 0 radical (unpaired) electrons. The molecule has 228 valence electrons. The van der Waals surface area contributed by atoms with Gasteiger partial charge in [0.25, 0.3) is 0 Å². The number of ether oxygens (including phenoxy) is 6. The van der Waals surface area contributed by atoms with Crippen molar-refractivity contribution in [1.82, 2.24) is 0 Å². The quantitative estimate of drug-likeness (QED) is 0.0364. The Kier molecular flexibility index (Phi) is 9.44. The first-order chi connectivity index (χ1) is 21.8. The molecular formula is C35H28O10. The number of hydrogen-bond acceptors (Lipinski definition) is 9. The number of benzene rings is 4. The van der Waals surface area contributed by atoms with Gasteiger partial charge in [-0.15, -0.1) is 0 Å². The number of rotatable bonds is 10. The molecule has 0 saturated carbocycles. The third-order valence-corrected chi connectivity index (χ3v) is 6.88. The maximum absolute atomic E-state index is 12.5. The lowest BCUT2D eigenvalue weighted by molar-refractivity contribution is -0.128. The minimum atomic E-state index is -1.37. The lowest BCUT2D eigenvalue weighted by atomic mass is 9.99. The lowest BCUT2D eigenvalue weighted by Gasteiger charge is -2.10. The van der Waals surface area contributed by atoms with E-state index in [4.69, 9.17) is 24.1 Å². The van der Waals surface area contributed by atoms with Gasteiger partial charge in [0.2, 0.25) is 6.79 Å². The third-order valence-electron chi connectivity index (χ3n) is 6.88. The number of esters is 1. The van der Waals surface area contributed by atoms with Crippen molar-refractivity contribution in [2.45, 2.75) is 12.8 Å². The Balaban J connectivity index is 1.14. The zero-order valence-corrected chi connectivity index (χ0v) is 24.3. The Morgan fingerprint density at radius 3 is 1.89 bits per heavy atom. The molecule has 5 rings (SSSR count). The number of carbonyl (C=O) groups is 3. The van der Waals surface area contributed by atoms with E-state index in [1.807, 2.05) is 30.3 Å². The highest BCUT2D eigenvalue weighted by molar-refractivity contribution is 5.89. The molecule has 1 atom stereocenters. The summed E-state index contributed by atoms with van der Waals surface area (Å²) in [6, 6.07) is 24.5. The summed E-state index contributed by atoms with van der Waals surface area (Å²) in [5.74, 6) is 1.17. The second kappa shape index (κ2) is 14.0. The van der Waals surface area contributed by atoms with Crippen molar-refractivity contribution in [2.24, 2.45) is 0 Å². The van der Waals surface area contributed by atoms with Crippen molar-refractivity contribution in [3.8, 4) is 34.1 Å². The molecule has 0 spiro atoms. The van der Waals surface area contributed by atoms with Crippen molar-refractivity contribution >= 4 is 30.4 Å². The van der Waals surface area contributed by atoms with E-state index in [1.165, 1.54) is 19.4 Å². The van der Waals surface area contributed by atoms with E-state index >= 15 is 0 Å². The number of methoxy groups -OCH3 is 1. The molecule has 0 heterocycles. The number of carboxylic acid groups (broad SMARTS) is 1. The average Bonchev–Trinajstić information content (AvgIpc) is 3.31. The number of carbonyl (C=O) groups excluding carboxylic acids is 2. The van der Waals surface area contributed by atoms with Crippen LogP contribution < -0.4 is 18.9 Å². The van der Waals surface area contributed by atoms with Crippen LogP contribution in [0.15, 0.2) is 97.3 Å². The Hall–Kier alpha value is -6.03. The summed E-state index contributed by atoms with van der Waals surface area (Å²) >= 11 is 0. The van der Waals surface area contributed by atoms with Crippen molar-refractivity contribution in [2.75, 3.05) is 13.9 Å². The van der Waals surface area contributed by atoms with Crippen LogP contribution in [0.5, 0.6) is 23.0 Å². The fourth-order valence-corrected chi connectivity index (χ4v) is 4.72. The molecule has 1 N–H and O–H groups in total. The summed E-state index contributed by atoms with van der Waals surface area (Å²) in [7, 11) is 1.23. The third kappa shape index (κ3) is 7.88. The summed E-state index contributed by atoms with van der Waals surface area (Å²) in [6.45, 7) is 2.08. The highest BCUT2D eigenvalue weighted by Crippen LogP contribution is 2.47. The van der Waals surface area contributed by atoms with Crippen LogP contribution >= 0.6 is 0 Å². The number of fused-ring (bicyclic) bond motifs is 3. The van der Waals surface area contributed by atoms with Crippen LogP contribution in [-0.4, -0.2) is 37.3 Å². The molecule has 10 nitrogen and oxygen atoms in total. The highest BCUT2D eigenvalue weighted by atomic mass is 16.7. The van der Waals surface area contributed by atoms with Crippen LogP contribution in [-0.2, 0) is 14.3 Å². The normalized spacial score (nSPS) is 13.2. The van der Waals surface area contributed by atoms with Crippen LogP contribution in [0.2, 0.25) is 0 Å². The number of hydrogen-bond donors (Lipinski definition) is 1. The van der Waals surface area contributed by atoms with Gasteiger partial charge in [-0.2, -0.15) is 0 Å². The van der Waals surface area contributed by atoms with Crippen molar-refractivity contribution in [3.05, 3.63) is 120 Å². The first-order valence-electron chi connectivity index (χ1n) is 13.7. The van der Waals surface area contributed by atoms with Gasteiger partial charge >= 0.3 is 18.3 Å². The van der Waals surface area contributed by atoms with Crippen molar-refractivity contribution < 1.29 is 47.9 Å². The monoisotopic (exact) mass is 608 g/mol. The van der Waals surface area contributed by atoms with Gasteiger partial charge in [0.1, 0.15) is 23.0 Å². The molecule has 0 aliphatic heterocycles. The van der Waals surface area contributed by atoms with Crippen LogP contribution in [0.25, 0.3) is 23.3 Å². The fraction of sp³-hybridized carbons (Fsp3) is 0.114. The predicted molar refractivity (Wildman–Crippen MR) is 164 cm³/mol. The Bertz CT molecular complexity index is 1750. The van der Waals surface area contributed by atoms with Gasteiger partial charge in [-0.1, -0.05) is 43.3 Å². The van der Waals surface area contributed by atoms with Crippen LogP contribution in [0, 0.1) is 0 Å². The van der Waals surface area contributed by atoms with Gasteiger partial charge in [-0.3, -0.25) is 0 Å². The molecule has 4 aromatic rings. The minimum absolute atomic E-state index is 0.00411. The van der Waals surface area contributed by atoms with Gasteiger partial charge in [0, 0.05) is 12.0 Å². The molecule has 1 unspecified atom stereocenters. The minimum Gasteiger partial charge on any atom is -0.465 e. The smallest absolute Gasteiger partial charge is 0.465 e. The molecule has 0 bridgehead atoms. The molecule has 0 aromatic heterocycles. The molecular weight excluding hydrogens is 580 g/mol. The van der Waals surface area contributed by atoms with E-state index < -0.39 is 18.3 Å². The molecule has 0 amide bonds. The Morgan fingerprint density at radius 1 is 0.711 bits per heavy atom. The maximum Gasteiger partial charge on any atom is 0.513 e. The van der Waals surface area contributed by atoms with Crippen LogP contribution in [0.4, 0.5) is 9.59 Å². The predicted octanol–water partition coefficient (Wildman–Crippen LogP) is 7.66. The summed E-state index contributed by atoms with van der Waals surface area (Å²) in [4.78, 5) is 34.3. The van der Waals surface area contributed by atoms with Crippen molar-refractivity contribution in [1.29, 1.82) is 0 Å². The van der Waals surface area contributed by atoms with Crippen LogP contribution in [0.3, 0.4) is 0 Å². The van der Waals surface area contributed by atoms with Gasteiger partial charge in [-0.25, -0.2) is 14.4 Å². The lowest BCUT2D eigenvalue weighted by Crippen LogP contribution is -2.07. The first-order valence-corrected chi connectivity index (χ1v) is 13.7. The second-order valence-electron chi connectivity index (χ2n) is 9.77. The van der Waals surface area contributed by atoms with Gasteiger partial charge in [0.15, 0.2) is 0 Å². The molecule has 10 heteroatoms. The Morgan fingerprint density at radius 2 is 1.27 bits per heavy atom. The van der Waals surface area contributed by atoms with Crippen LogP contribution in [0.1, 0.15) is 35.1 Å². The van der Waals surface area contributed by atoms with Gasteiger partial charge in [-0.05, 0) is 94.1 Å². The topological polar surface area (TPSA) is 127 Å². The standard InChI is InChI=1S/C35H28O10/c1-22-31-19-27(42-21-41-18-17-24-5-8-25(9-6-24)44-34(37)38)12-14-29(31)30-15-13-28(20-32(22)30)43-33(36)16-7-23-3-10-26(11-4-23)45-35(39)40-2/h3-20,22H,21H2,1-2H3,(H,37,38). The molecule has 0 fully saturated rings. The van der Waals surface area contributed by atoms with E-state index in [-0.39, 0.29) is 18.5 Å². The molecule has 4 aromatic carbocycles. The summed E-state index contributed by atoms with van der Waals surface area (Å²) in [6.07, 6.45) is 3.97. The fourth-order valence-electron chi connectivity index (χ4n) is 4.72. The molecule has 1 aliphatic rings. The van der Waals surface area contributed by atoms with E-state index in [0.717, 1.165) is 33.4 Å². The zero-order valence-electron chi connectivity index (χ0n) is 24.3. The maximum atomic E-state index is 12.5. The van der Waals surface area contributed by atoms with E-state index in [1.54, 1.807) is 66.7 Å². The van der Waals surface area contributed by atoms with Gasteiger partial charge in [0.05, 0.1) is 13.4 Å². The Labute approximate surface area is 258 Å². The SMILES string of the molecule is COC(=O)Oc1ccc(C=CC(=O)Oc2ccc3c(c2)C(C)c2cc(OCOC=Cc4ccc(OC(=O)O)cc4)ccc2-3)cc1. The first kappa shape index (κ1) is 30.4. The zero-order chi connectivity index (χ0) is 31.8. The van der Waals surface area contributed by atoms with Crippen molar-refractivity contribution in [3.63, 3.8) is 0 Å². The second-order valence-corrected chi connectivity index (χ2v) is 9.77. The van der Waals surface area contributed by atoms with E-state index in [9.17, 15) is 14.4 Å². The molecule has 0 saturated heterocycles.